The third kappa shape index (κ3) is 3.34. The topological polar surface area (TPSA) is 6.48 Å². The first-order valence-corrected chi connectivity index (χ1v) is 7.44. The summed E-state index contributed by atoms with van der Waals surface area (Å²) in [4.78, 5) is 4.38. The summed E-state index contributed by atoms with van der Waals surface area (Å²) in [5.74, 6) is -0.492. The molecule has 2 nitrogen and oxygen atoms in total. The molecule has 0 aliphatic carbocycles. The van der Waals surface area contributed by atoms with Crippen molar-refractivity contribution in [3.63, 3.8) is 0 Å². The zero-order valence-corrected chi connectivity index (χ0v) is 12.4. The quantitative estimate of drug-likeness (QED) is 0.801. The van der Waals surface area contributed by atoms with E-state index < -0.39 is 0 Å². The number of hydrogen-bond donors (Lipinski definition) is 0. The summed E-state index contributed by atoms with van der Waals surface area (Å²) in [6.07, 6.45) is 0. The molecule has 0 aromatic heterocycles. The largest absolute Gasteiger partial charge is 0.457 e. The second-order valence-corrected chi connectivity index (χ2v) is 5.66. The van der Waals surface area contributed by atoms with E-state index in [1.54, 1.807) is 24.3 Å². The monoisotopic (exact) mass is 301 g/mol. The molecule has 0 bridgehead atoms. The highest BCUT2D eigenvalue weighted by Crippen LogP contribution is 2.29. The van der Waals surface area contributed by atoms with Gasteiger partial charge in [-0.2, -0.15) is 0 Å². The predicted molar refractivity (Wildman–Crippen MR) is 83.1 cm³/mol. The van der Waals surface area contributed by atoms with Gasteiger partial charge in [0.25, 0.3) is 0 Å². The number of nitrogens with zero attached hydrogens (tertiary/aromatic N) is 2. The molecule has 1 aliphatic rings. The molecular weight excluding hydrogens is 282 g/mol. The molecule has 2 aromatic rings. The molecule has 0 spiro atoms. The fourth-order valence-electron chi connectivity index (χ4n) is 2.93. The van der Waals surface area contributed by atoms with Crippen molar-refractivity contribution < 1.29 is 8.78 Å². The fraction of sp³-hybridized carbons (Fsp3) is 0.278. The van der Waals surface area contributed by atoms with E-state index in [1.165, 1.54) is 24.3 Å². The Balaban J connectivity index is 1.94. The zero-order valence-electron chi connectivity index (χ0n) is 12.4. The Hall–Kier alpha value is -1.78. The van der Waals surface area contributed by atoms with Gasteiger partial charge < -0.3 is 4.90 Å². The van der Waals surface area contributed by atoms with Gasteiger partial charge in [0.05, 0.1) is 6.04 Å². The van der Waals surface area contributed by atoms with Crippen LogP contribution in [-0.2, 0) is 0 Å². The van der Waals surface area contributed by atoms with Crippen molar-refractivity contribution in [1.29, 1.82) is 0 Å². The minimum absolute atomic E-state index is 0.00917. The molecule has 0 unspecified atom stereocenters. The molecule has 1 heterocycles. The van der Waals surface area contributed by atoms with Crippen LogP contribution >= 0.6 is 0 Å². The van der Waals surface area contributed by atoms with Gasteiger partial charge in [0.2, 0.25) is 0 Å². The molecule has 0 amide bonds. The van der Waals surface area contributed by atoms with Gasteiger partial charge in [0.15, 0.2) is 0 Å². The first-order chi connectivity index (χ1) is 10.6. The Labute approximate surface area is 130 Å². The molecule has 116 valence electrons. The number of piperazine rings is 1. The molecule has 0 N–H and O–H groups in total. The Morgan fingerprint density at radius 3 is 1.55 bits per heavy atom. The lowest BCUT2D eigenvalue weighted by Gasteiger charge is -2.41. The highest BCUT2D eigenvalue weighted by molar-refractivity contribution is 5.32. The Morgan fingerprint density at radius 1 is 0.727 bits per heavy atom. The molecule has 4 heteroatoms. The van der Waals surface area contributed by atoms with Crippen LogP contribution in [0.4, 0.5) is 8.78 Å². The van der Waals surface area contributed by atoms with Crippen LogP contribution < -0.4 is 0 Å². The van der Waals surface area contributed by atoms with Crippen LogP contribution in [0.2, 0.25) is 0 Å². The molecule has 1 saturated heterocycles. The molecule has 0 saturated carbocycles. The second kappa shape index (κ2) is 6.55. The smallest absolute Gasteiger partial charge is 0.123 e. The van der Waals surface area contributed by atoms with E-state index in [-0.39, 0.29) is 17.7 Å². The lowest BCUT2D eigenvalue weighted by atomic mass is 9.96. The van der Waals surface area contributed by atoms with Crippen LogP contribution in [0.5, 0.6) is 0 Å². The summed E-state index contributed by atoms with van der Waals surface area (Å²) in [5, 5.41) is 0. The number of rotatable bonds is 3. The van der Waals surface area contributed by atoms with Gasteiger partial charge in [-0.1, -0.05) is 24.3 Å². The van der Waals surface area contributed by atoms with Gasteiger partial charge in [-0.25, -0.2) is 8.78 Å². The molecule has 0 atom stereocenters. The lowest BCUT2D eigenvalue weighted by molar-refractivity contribution is 0.137. The average Bonchev–Trinajstić information content (AvgIpc) is 2.53. The van der Waals surface area contributed by atoms with Crippen LogP contribution in [0.25, 0.3) is 0 Å². The van der Waals surface area contributed by atoms with Crippen molar-refractivity contribution >= 4 is 0 Å². The molecule has 1 aliphatic heterocycles. The fourth-order valence-corrected chi connectivity index (χ4v) is 2.93. The van der Waals surface area contributed by atoms with Crippen molar-refractivity contribution in [3.05, 3.63) is 78.3 Å². The lowest BCUT2D eigenvalue weighted by Crippen LogP contribution is -2.45. The van der Waals surface area contributed by atoms with E-state index in [4.69, 9.17) is 0 Å². The molecule has 0 radical (unpaired) electrons. The maximum absolute atomic E-state index is 13.2. The molecular formula is C18H19F2N2-. The van der Waals surface area contributed by atoms with Crippen molar-refractivity contribution in [2.24, 2.45) is 0 Å². The summed E-state index contributed by atoms with van der Waals surface area (Å²) in [6.45, 7) is 3.53. The zero-order chi connectivity index (χ0) is 15.5. The minimum atomic E-state index is -0.246. The minimum Gasteiger partial charge on any atom is -0.457 e. The Bertz CT molecular complexity index is 556. The summed E-state index contributed by atoms with van der Waals surface area (Å²) in [7, 11) is 3.97. The van der Waals surface area contributed by atoms with Crippen molar-refractivity contribution in [2.45, 2.75) is 6.04 Å². The number of benzene rings is 2. The second-order valence-electron chi connectivity index (χ2n) is 5.66. The van der Waals surface area contributed by atoms with E-state index in [2.05, 4.69) is 11.9 Å². The standard InChI is InChI=1S/C18H19F2N2/c1-21-10-12-22(13-11-21)18(14-2-6-16(19)7-3-14)15-4-8-17(20)9-5-15/h2-9,18H,1,10-13H2/q-1. The normalized spacial score (nSPS) is 17.1. The number of halogens is 2. The molecule has 22 heavy (non-hydrogen) atoms. The third-order valence-corrected chi connectivity index (χ3v) is 4.14. The van der Waals surface area contributed by atoms with Crippen molar-refractivity contribution in [3.8, 4) is 0 Å². The van der Waals surface area contributed by atoms with Gasteiger partial charge in [0, 0.05) is 13.1 Å². The van der Waals surface area contributed by atoms with Crippen LogP contribution in [0, 0.1) is 18.7 Å². The maximum Gasteiger partial charge on any atom is 0.123 e. The van der Waals surface area contributed by atoms with E-state index in [0.717, 1.165) is 37.3 Å². The van der Waals surface area contributed by atoms with Gasteiger partial charge in [-0.3, -0.25) is 11.9 Å². The van der Waals surface area contributed by atoms with E-state index >= 15 is 0 Å². The third-order valence-electron chi connectivity index (χ3n) is 4.14. The van der Waals surface area contributed by atoms with Gasteiger partial charge in [-0.05, 0) is 48.5 Å². The van der Waals surface area contributed by atoms with E-state index in [9.17, 15) is 8.78 Å². The van der Waals surface area contributed by atoms with Gasteiger partial charge in [-0.15, -0.1) is 0 Å². The SMILES string of the molecule is [CH2-]N1CCN(C(c2ccc(F)cc2)c2ccc(F)cc2)CC1. The molecule has 3 rings (SSSR count). The number of hydrogen-bond acceptors (Lipinski definition) is 2. The van der Waals surface area contributed by atoms with Gasteiger partial charge >= 0.3 is 0 Å². The predicted octanol–water partition coefficient (Wildman–Crippen LogP) is 3.46. The Kier molecular flexibility index (Phi) is 4.50. The van der Waals surface area contributed by atoms with Crippen LogP contribution in [0.3, 0.4) is 0 Å². The summed E-state index contributed by atoms with van der Waals surface area (Å²) in [6, 6.07) is 13.1. The summed E-state index contributed by atoms with van der Waals surface area (Å²) >= 11 is 0. The van der Waals surface area contributed by atoms with Crippen LogP contribution in [0.1, 0.15) is 17.2 Å². The Morgan fingerprint density at radius 2 is 1.14 bits per heavy atom. The van der Waals surface area contributed by atoms with Gasteiger partial charge in [0.1, 0.15) is 11.6 Å². The van der Waals surface area contributed by atoms with E-state index in [1.807, 2.05) is 4.90 Å². The molecule has 2 aromatic carbocycles. The van der Waals surface area contributed by atoms with E-state index in [0.29, 0.717) is 0 Å². The first-order valence-electron chi connectivity index (χ1n) is 7.44. The maximum atomic E-state index is 13.2. The van der Waals surface area contributed by atoms with Crippen LogP contribution in [-0.4, -0.2) is 36.0 Å². The summed E-state index contributed by atoms with van der Waals surface area (Å²) < 4.78 is 26.4. The average molecular weight is 301 g/mol. The van der Waals surface area contributed by atoms with Crippen LogP contribution in [0.15, 0.2) is 48.5 Å². The highest BCUT2D eigenvalue weighted by atomic mass is 19.1. The van der Waals surface area contributed by atoms with Crippen molar-refractivity contribution in [2.75, 3.05) is 26.2 Å². The first kappa shape index (κ1) is 15.1. The molecule has 1 fully saturated rings. The summed E-state index contributed by atoms with van der Waals surface area (Å²) in [5.41, 5.74) is 2.04. The van der Waals surface area contributed by atoms with Crippen molar-refractivity contribution in [1.82, 2.24) is 9.80 Å². The highest BCUT2D eigenvalue weighted by Gasteiger charge is 2.24.